The average molecular weight is 288 g/mol. The highest BCUT2D eigenvalue weighted by Gasteiger charge is 2.27. The minimum absolute atomic E-state index is 0.0452. The van der Waals surface area contributed by atoms with Crippen molar-refractivity contribution in [3.63, 3.8) is 0 Å². The molecule has 0 saturated heterocycles. The number of amides is 2. The van der Waals surface area contributed by atoms with E-state index in [4.69, 9.17) is 4.74 Å². The predicted molar refractivity (Wildman–Crippen MR) is 80.6 cm³/mol. The molecular formula is C16H20N2O3. The molecule has 1 aromatic rings. The standard InChI is InChI=1S/C16H20N2O3/c1-18-14(19)10-21-13-9-5-8-12(15(13)18)17-16(20)11-6-3-2-4-7-11/h5,8-9,11H,2-4,6-7,10H2,1H3,(H,17,20). The number of para-hydroxylation sites is 1. The molecule has 1 N–H and O–H groups in total. The first-order valence-electron chi connectivity index (χ1n) is 7.50. The molecule has 2 aliphatic rings. The summed E-state index contributed by atoms with van der Waals surface area (Å²) in [6.45, 7) is 0.0452. The van der Waals surface area contributed by atoms with Crippen molar-refractivity contribution in [3.8, 4) is 5.75 Å². The summed E-state index contributed by atoms with van der Waals surface area (Å²) in [5.74, 6) is 0.662. The van der Waals surface area contributed by atoms with E-state index in [1.54, 1.807) is 11.9 Å². The molecule has 0 aromatic heterocycles. The number of hydrogen-bond donors (Lipinski definition) is 1. The van der Waals surface area contributed by atoms with Crippen LogP contribution in [0.25, 0.3) is 0 Å². The lowest BCUT2D eigenvalue weighted by Gasteiger charge is -2.29. The van der Waals surface area contributed by atoms with E-state index >= 15 is 0 Å². The Morgan fingerprint density at radius 2 is 2.05 bits per heavy atom. The lowest BCUT2D eigenvalue weighted by molar-refractivity contribution is -0.121. The molecule has 1 fully saturated rings. The number of hydrogen-bond acceptors (Lipinski definition) is 3. The molecule has 0 radical (unpaired) electrons. The van der Waals surface area contributed by atoms with Crippen LogP contribution in [-0.2, 0) is 9.59 Å². The highest BCUT2D eigenvalue weighted by atomic mass is 16.5. The van der Waals surface area contributed by atoms with Gasteiger partial charge in [-0.25, -0.2) is 0 Å². The number of likely N-dealkylation sites (N-methyl/N-ethyl adjacent to an activating group) is 1. The van der Waals surface area contributed by atoms with E-state index in [-0.39, 0.29) is 24.3 Å². The third kappa shape index (κ3) is 2.73. The van der Waals surface area contributed by atoms with Crippen molar-refractivity contribution in [3.05, 3.63) is 18.2 Å². The quantitative estimate of drug-likeness (QED) is 0.910. The van der Waals surface area contributed by atoms with Gasteiger partial charge < -0.3 is 15.0 Å². The molecule has 1 heterocycles. The van der Waals surface area contributed by atoms with Gasteiger partial charge in [0.15, 0.2) is 6.61 Å². The van der Waals surface area contributed by atoms with Gasteiger partial charge in [-0.2, -0.15) is 0 Å². The molecule has 2 amide bonds. The van der Waals surface area contributed by atoms with E-state index in [2.05, 4.69) is 5.32 Å². The van der Waals surface area contributed by atoms with Crippen molar-refractivity contribution in [2.75, 3.05) is 23.9 Å². The lowest BCUT2D eigenvalue weighted by Crippen LogP contribution is -2.36. The molecule has 5 heteroatoms. The Kier molecular flexibility index (Phi) is 3.82. The monoisotopic (exact) mass is 288 g/mol. The summed E-state index contributed by atoms with van der Waals surface area (Å²) in [7, 11) is 1.71. The molecule has 5 nitrogen and oxygen atoms in total. The second-order valence-electron chi connectivity index (χ2n) is 5.72. The van der Waals surface area contributed by atoms with Crippen molar-refractivity contribution in [2.45, 2.75) is 32.1 Å². The summed E-state index contributed by atoms with van der Waals surface area (Å²) < 4.78 is 5.43. The van der Waals surface area contributed by atoms with Gasteiger partial charge in [0.25, 0.3) is 5.91 Å². The van der Waals surface area contributed by atoms with Crippen molar-refractivity contribution < 1.29 is 14.3 Å². The molecule has 0 spiro atoms. The van der Waals surface area contributed by atoms with Crippen molar-refractivity contribution >= 4 is 23.2 Å². The molecule has 1 aliphatic carbocycles. The Hall–Kier alpha value is -2.04. The van der Waals surface area contributed by atoms with Gasteiger partial charge in [0.2, 0.25) is 5.91 Å². The van der Waals surface area contributed by atoms with Crippen LogP contribution in [-0.4, -0.2) is 25.5 Å². The Morgan fingerprint density at radius 3 is 2.81 bits per heavy atom. The summed E-state index contributed by atoms with van der Waals surface area (Å²) in [6.07, 6.45) is 5.35. The Morgan fingerprint density at radius 1 is 1.29 bits per heavy atom. The normalized spacial score (nSPS) is 18.9. The van der Waals surface area contributed by atoms with Crippen molar-refractivity contribution in [1.29, 1.82) is 0 Å². The maximum atomic E-state index is 12.4. The van der Waals surface area contributed by atoms with Gasteiger partial charge in [-0.05, 0) is 25.0 Å². The van der Waals surface area contributed by atoms with Gasteiger partial charge in [0, 0.05) is 13.0 Å². The lowest BCUT2D eigenvalue weighted by atomic mass is 9.88. The topological polar surface area (TPSA) is 58.6 Å². The highest BCUT2D eigenvalue weighted by Crippen LogP contribution is 2.38. The maximum Gasteiger partial charge on any atom is 0.264 e. The summed E-state index contributed by atoms with van der Waals surface area (Å²) in [5.41, 5.74) is 1.30. The molecule has 112 valence electrons. The van der Waals surface area contributed by atoms with Crippen LogP contribution in [0.15, 0.2) is 18.2 Å². The number of nitrogens with one attached hydrogen (secondary N) is 1. The fourth-order valence-corrected chi connectivity index (χ4v) is 3.05. The smallest absolute Gasteiger partial charge is 0.264 e. The van der Waals surface area contributed by atoms with Crippen LogP contribution in [0.4, 0.5) is 11.4 Å². The van der Waals surface area contributed by atoms with E-state index in [9.17, 15) is 9.59 Å². The second-order valence-corrected chi connectivity index (χ2v) is 5.72. The van der Waals surface area contributed by atoms with Gasteiger partial charge in [-0.15, -0.1) is 0 Å². The number of nitrogens with zero attached hydrogens (tertiary/aromatic N) is 1. The minimum Gasteiger partial charge on any atom is -0.481 e. The summed E-state index contributed by atoms with van der Waals surface area (Å²) in [6, 6.07) is 5.46. The van der Waals surface area contributed by atoms with E-state index in [0.29, 0.717) is 17.1 Å². The van der Waals surface area contributed by atoms with Gasteiger partial charge in [-0.1, -0.05) is 25.3 Å². The van der Waals surface area contributed by atoms with Crippen molar-refractivity contribution in [1.82, 2.24) is 0 Å². The molecule has 21 heavy (non-hydrogen) atoms. The first-order chi connectivity index (χ1) is 10.2. The summed E-state index contributed by atoms with van der Waals surface area (Å²) >= 11 is 0. The Bertz CT molecular complexity index is 565. The van der Waals surface area contributed by atoms with Gasteiger partial charge in [0.05, 0.1) is 5.69 Å². The van der Waals surface area contributed by atoms with Gasteiger partial charge in [0.1, 0.15) is 11.4 Å². The van der Waals surface area contributed by atoms with Crippen LogP contribution in [0, 0.1) is 5.92 Å². The second kappa shape index (κ2) is 5.76. The highest BCUT2D eigenvalue weighted by molar-refractivity contribution is 6.04. The number of benzene rings is 1. The first-order valence-corrected chi connectivity index (χ1v) is 7.50. The van der Waals surface area contributed by atoms with Crippen LogP contribution in [0.5, 0.6) is 5.75 Å². The summed E-state index contributed by atoms with van der Waals surface area (Å²) in [4.78, 5) is 25.7. The zero-order chi connectivity index (χ0) is 14.8. The number of carbonyl (C=O) groups excluding carboxylic acids is 2. The molecule has 0 unspecified atom stereocenters. The van der Waals surface area contributed by atoms with Gasteiger partial charge >= 0.3 is 0 Å². The van der Waals surface area contributed by atoms with E-state index in [1.807, 2.05) is 18.2 Å². The SMILES string of the molecule is CN1C(=O)COc2cccc(NC(=O)C3CCCCC3)c21. The van der Waals surface area contributed by atoms with E-state index in [1.165, 1.54) is 6.42 Å². The fourth-order valence-electron chi connectivity index (χ4n) is 3.05. The number of ether oxygens (including phenoxy) is 1. The van der Waals surface area contributed by atoms with Crippen LogP contribution < -0.4 is 15.0 Å². The van der Waals surface area contributed by atoms with E-state index < -0.39 is 0 Å². The molecular weight excluding hydrogens is 268 g/mol. The Labute approximate surface area is 124 Å². The van der Waals surface area contributed by atoms with Crippen molar-refractivity contribution in [2.24, 2.45) is 5.92 Å². The predicted octanol–water partition coefficient (Wildman–Crippen LogP) is 2.56. The molecule has 1 aliphatic heterocycles. The third-order valence-corrected chi connectivity index (χ3v) is 4.29. The molecule has 1 aromatic carbocycles. The Balaban J connectivity index is 1.82. The van der Waals surface area contributed by atoms with Crippen LogP contribution in [0.2, 0.25) is 0 Å². The minimum atomic E-state index is -0.109. The molecule has 0 atom stereocenters. The molecule has 0 bridgehead atoms. The number of carbonyl (C=O) groups is 2. The summed E-state index contributed by atoms with van der Waals surface area (Å²) in [5, 5.41) is 2.98. The number of rotatable bonds is 2. The zero-order valence-electron chi connectivity index (χ0n) is 12.2. The number of fused-ring (bicyclic) bond motifs is 1. The fraction of sp³-hybridized carbons (Fsp3) is 0.500. The third-order valence-electron chi connectivity index (χ3n) is 4.29. The van der Waals surface area contributed by atoms with Crippen LogP contribution in [0.3, 0.4) is 0 Å². The maximum absolute atomic E-state index is 12.4. The molecule has 3 rings (SSSR count). The molecule has 1 saturated carbocycles. The average Bonchev–Trinajstić information content (AvgIpc) is 2.52. The van der Waals surface area contributed by atoms with E-state index in [0.717, 1.165) is 25.7 Å². The van der Waals surface area contributed by atoms with Gasteiger partial charge in [-0.3, -0.25) is 9.59 Å². The zero-order valence-corrected chi connectivity index (χ0v) is 12.2. The number of anilines is 2. The largest absolute Gasteiger partial charge is 0.481 e. The van der Waals surface area contributed by atoms with Crippen LogP contribution in [0.1, 0.15) is 32.1 Å². The first kappa shape index (κ1) is 13.9. The van der Waals surface area contributed by atoms with Crippen LogP contribution >= 0.6 is 0 Å².